The number of aryl methyl sites for hydroxylation is 1. The second-order valence-electron chi connectivity index (χ2n) is 3.36. The van der Waals surface area contributed by atoms with Gasteiger partial charge in [-0.1, -0.05) is 0 Å². The van der Waals surface area contributed by atoms with Gasteiger partial charge in [-0.05, 0) is 26.0 Å². The van der Waals surface area contributed by atoms with Gasteiger partial charge in [0.15, 0.2) is 0 Å². The van der Waals surface area contributed by atoms with Crippen LogP contribution in [0.25, 0.3) is 0 Å². The van der Waals surface area contributed by atoms with Crippen LogP contribution >= 0.6 is 7.60 Å². The molecule has 0 spiro atoms. The van der Waals surface area contributed by atoms with E-state index in [2.05, 4.69) is 0 Å². The summed E-state index contributed by atoms with van der Waals surface area (Å²) in [6, 6.07) is 3.66. The van der Waals surface area contributed by atoms with Crippen molar-refractivity contribution in [3.63, 3.8) is 0 Å². The standard InChI is InChI=1S/C10H19N2O3P/c1-4-14-16(13,15-5-2)10(11)9-7-6-8-12(9)3/h6-8,10H,4-5,11H2,1-3H3/t10-/m0/s1. The lowest BCUT2D eigenvalue weighted by Crippen LogP contribution is -2.17. The second-order valence-corrected chi connectivity index (χ2v) is 5.52. The van der Waals surface area contributed by atoms with E-state index in [1.165, 1.54) is 0 Å². The van der Waals surface area contributed by atoms with Gasteiger partial charge in [-0.2, -0.15) is 0 Å². The summed E-state index contributed by atoms with van der Waals surface area (Å²) in [6.07, 6.45) is 1.84. The van der Waals surface area contributed by atoms with Crippen LogP contribution in [0.2, 0.25) is 0 Å². The smallest absolute Gasteiger partial charge is 0.353 e. The Hall–Kier alpha value is -0.610. The van der Waals surface area contributed by atoms with Gasteiger partial charge in [0.25, 0.3) is 0 Å². The van der Waals surface area contributed by atoms with Gasteiger partial charge in [0.2, 0.25) is 0 Å². The van der Waals surface area contributed by atoms with Gasteiger partial charge in [0, 0.05) is 18.9 Å². The molecule has 0 amide bonds. The fourth-order valence-electron chi connectivity index (χ4n) is 1.50. The molecule has 0 radical (unpaired) electrons. The Labute approximate surface area is 96.1 Å². The molecule has 0 bridgehead atoms. The van der Waals surface area contributed by atoms with Gasteiger partial charge >= 0.3 is 7.60 Å². The van der Waals surface area contributed by atoms with E-state index in [9.17, 15) is 4.57 Å². The first kappa shape index (κ1) is 13.5. The predicted molar refractivity (Wildman–Crippen MR) is 63.2 cm³/mol. The number of rotatable bonds is 6. The lowest BCUT2D eigenvalue weighted by atomic mass is 10.4. The molecular weight excluding hydrogens is 227 g/mol. The quantitative estimate of drug-likeness (QED) is 0.782. The average molecular weight is 246 g/mol. The molecule has 0 fully saturated rings. The monoisotopic (exact) mass is 246 g/mol. The maximum absolute atomic E-state index is 12.4. The van der Waals surface area contributed by atoms with Crippen molar-refractivity contribution < 1.29 is 13.6 Å². The van der Waals surface area contributed by atoms with Crippen LogP contribution in [0.1, 0.15) is 25.3 Å². The molecule has 1 atom stereocenters. The van der Waals surface area contributed by atoms with Crippen molar-refractivity contribution in [2.24, 2.45) is 12.8 Å². The summed E-state index contributed by atoms with van der Waals surface area (Å²) in [5.74, 6) is -0.743. The Morgan fingerprint density at radius 2 is 2.00 bits per heavy atom. The summed E-state index contributed by atoms with van der Waals surface area (Å²) in [5, 5.41) is 0. The van der Waals surface area contributed by atoms with Crippen molar-refractivity contribution in [3.05, 3.63) is 24.0 Å². The zero-order chi connectivity index (χ0) is 12.2. The van der Waals surface area contributed by atoms with E-state index >= 15 is 0 Å². The molecule has 5 nitrogen and oxygen atoms in total. The van der Waals surface area contributed by atoms with Crippen molar-refractivity contribution >= 4 is 7.60 Å². The van der Waals surface area contributed by atoms with Gasteiger partial charge in [0.05, 0.1) is 13.2 Å². The molecule has 1 aromatic rings. The molecule has 2 N–H and O–H groups in total. The Kier molecular flexibility index (Phi) is 4.74. The van der Waals surface area contributed by atoms with E-state index in [4.69, 9.17) is 14.8 Å². The third-order valence-electron chi connectivity index (χ3n) is 2.25. The number of hydrogen-bond donors (Lipinski definition) is 1. The molecular formula is C10H19N2O3P. The van der Waals surface area contributed by atoms with Crippen LogP contribution in [0.5, 0.6) is 0 Å². The summed E-state index contributed by atoms with van der Waals surface area (Å²) in [6.45, 7) is 4.16. The predicted octanol–water partition coefficient (Wildman–Crippen LogP) is 2.25. The maximum atomic E-state index is 12.4. The third-order valence-corrected chi connectivity index (χ3v) is 4.43. The summed E-state index contributed by atoms with van der Waals surface area (Å²) in [4.78, 5) is 0. The molecule has 0 aromatic carbocycles. The first-order valence-corrected chi connectivity index (χ1v) is 6.92. The zero-order valence-electron chi connectivity index (χ0n) is 9.92. The molecule has 0 aliphatic carbocycles. The van der Waals surface area contributed by atoms with E-state index < -0.39 is 13.4 Å². The van der Waals surface area contributed by atoms with Crippen molar-refractivity contribution in [1.82, 2.24) is 4.57 Å². The lowest BCUT2D eigenvalue weighted by Gasteiger charge is -2.23. The molecule has 1 heterocycles. The highest BCUT2D eigenvalue weighted by Gasteiger charge is 2.35. The van der Waals surface area contributed by atoms with E-state index in [1.807, 2.05) is 29.9 Å². The highest BCUT2D eigenvalue weighted by atomic mass is 31.2. The minimum absolute atomic E-state index is 0.315. The first-order valence-electron chi connectivity index (χ1n) is 5.30. The first-order chi connectivity index (χ1) is 7.55. The van der Waals surface area contributed by atoms with Gasteiger partial charge < -0.3 is 19.3 Å². The fourth-order valence-corrected chi connectivity index (χ4v) is 3.21. The van der Waals surface area contributed by atoms with Crippen LogP contribution in [-0.2, 0) is 20.7 Å². The van der Waals surface area contributed by atoms with Gasteiger partial charge in [-0.3, -0.25) is 4.57 Å². The average Bonchev–Trinajstić information content (AvgIpc) is 2.64. The fraction of sp³-hybridized carbons (Fsp3) is 0.600. The summed E-state index contributed by atoms with van der Waals surface area (Å²) < 4.78 is 24.6. The number of aromatic nitrogens is 1. The normalized spacial score (nSPS) is 14.0. The van der Waals surface area contributed by atoms with Crippen molar-refractivity contribution in [2.75, 3.05) is 13.2 Å². The summed E-state index contributed by atoms with van der Waals surface area (Å²) in [7, 11) is -1.42. The maximum Gasteiger partial charge on any atom is 0.353 e. The SMILES string of the molecule is CCOP(=O)(OCC)[C@H](N)c1cccn1C. The van der Waals surface area contributed by atoms with Crippen LogP contribution in [0.15, 0.2) is 18.3 Å². The van der Waals surface area contributed by atoms with Crippen LogP contribution in [0.3, 0.4) is 0 Å². The Morgan fingerprint density at radius 1 is 1.44 bits per heavy atom. The molecule has 0 aliphatic rings. The van der Waals surface area contributed by atoms with E-state index in [0.29, 0.717) is 13.2 Å². The Balaban J connectivity index is 2.95. The van der Waals surface area contributed by atoms with Crippen LogP contribution in [0, 0.1) is 0 Å². The van der Waals surface area contributed by atoms with Crippen LogP contribution in [-0.4, -0.2) is 17.8 Å². The van der Waals surface area contributed by atoms with Crippen LogP contribution < -0.4 is 5.73 Å². The highest BCUT2D eigenvalue weighted by molar-refractivity contribution is 7.54. The minimum Gasteiger partial charge on any atom is -0.353 e. The number of hydrogen-bond acceptors (Lipinski definition) is 4. The van der Waals surface area contributed by atoms with E-state index in [0.717, 1.165) is 5.69 Å². The van der Waals surface area contributed by atoms with E-state index in [1.54, 1.807) is 13.8 Å². The second kappa shape index (κ2) is 5.64. The molecule has 0 aliphatic heterocycles. The van der Waals surface area contributed by atoms with Gasteiger partial charge in [0.1, 0.15) is 5.78 Å². The molecule has 0 saturated carbocycles. The molecule has 1 rings (SSSR count). The van der Waals surface area contributed by atoms with Gasteiger partial charge in [-0.15, -0.1) is 0 Å². The van der Waals surface area contributed by atoms with Crippen molar-refractivity contribution in [2.45, 2.75) is 19.6 Å². The minimum atomic E-state index is -3.27. The van der Waals surface area contributed by atoms with E-state index in [-0.39, 0.29) is 0 Å². The molecule has 6 heteroatoms. The molecule has 1 aromatic heterocycles. The van der Waals surface area contributed by atoms with Crippen molar-refractivity contribution in [1.29, 1.82) is 0 Å². The highest BCUT2D eigenvalue weighted by Crippen LogP contribution is 2.58. The summed E-state index contributed by atoms with van der Waals surface area (Å²) >= 11 is 0. The Bertz CT molecular complexity index is 368. The molecule has 16 heavy (non-hydrogen) atoms. The van der Waals surface area contributed by atoms with Crippen LogP contribution in [0.4, 0.5) is 0 Å². The largest absolute Gasteiger partial charge is 0.353 e. The van der Waals surface area contributed by atoms with Crippen molar-refractivity contribution in [3.8, 4) is 0 Å². The summed E-state index contributed by atoms with van der Waals surface area (Å²) in [5.41, 5.74) is 6.70. The lowest BCUT2D eigenvalue weighted by molar-refractivity contribution is 0.211. The Morgan fingerprint density at radius 3 is 2.38 bits per heavy atom. The zero-order valence-corrected chi connectivity index (χ0v) is 10.8. The number of nitrogens with zero attached hydrogens (tertiary/aromatic N) is 1. The molecule has 0 unspecified atom stereocenters. The van der Waals surface area contributed by atoms with Gasteiger partial charge in [-0.25, -0.2) is 0 Å². The third kappa shape index (κ3) is 2.74. The molecule has 92 valence electrons. The topological polar surface area (TPSA) is 66.5 Å². The molecule has 0 saturated heterocycles. The number of nitrogens with two attached hydrogens (primary N) is 1.